The minimum atomic E-state index is -0.354. The van der Waals surface area contributed by atoms with Crippen LogP contribution in [0, 0.1) is 12.8 Å². The molecule has 3 rings (SSSR count). The highest BCUT2D eigenvalue weighted by Gasteiger charge is 2.38. The van der Waals surface area contributed by atoms with Crippen molar-refractivity contribution in [2.75, 3.05) is 18.0 Å². The van der Waals surface area contributed by atoms with Crippen LogP contribution >= 0.6 is 0 Å². The molecule has 112 valence electrons. The van der Waals surface area contributed by atoms with Crippen molar-refractivity contribution in [2.45, 2.75) is 39.2 Å². The molecule has 0 unspecified atom stereocenters. The highest BCUT2D eigenvalue weighted by molar-refractivity contribution is 6.00. The van der Waals surface area contributed by atoms with Gasteiger partial charge in [-0.1, -0.05) is 24.1 Å². The van der Waals surface area contributed by atoms with Crippen LogP contribution in [0.3, 0.4) is 0 Å². The van der Waals surface area contributed by atoms with Crippen LogP contribution in [0.15, 0.2) is 24.3 Å². The van der Waals surface area contributed by atoms with Crippen LogP contribution in [0.25, 0.3) is 0 Å². The lowest BCUT2D eigenvalue weighted by molar-refractivity contribution is -0.146. The predicted octanol–water partition coefficient (Wildman–Crippen LogP) is 2.36. The van der Waals surface area contributed by atoms with Gasteiger partial charge in [-0.3, -0.25) is 9.59 Å². The van der Waals surface area contributed by atoms with Crippen molar-refractivity contribution < 1.29 is 9.59 Å². The Bertz CT molecular complexity index is 548. The van der Waals surface area contributed by atoms with E-state index in [9.17, 15) is 9.59 Å². The fourth-order valence-electron chi connectivity index (χ4n) is 3.04. The van der Waals surface area contributed by atoms with E-state index in [0.29, 0.717) is 13.1 Å². The fraction of sp³-hybridized carbons (Fsp3) is 0.529. The summed E-state index contributed by atoms with van der Waals surface area (Å²) in [5, 5.41) is 0. The highest BCUT2D eigenvalue weighted by Crippen LogP contribution is 2.30. The molecule has 1 saturated heterocycles. The molecule has 0 radical (unpaired) electrons. The van der Waals surface area contributed by atoms with E-state index in [1.54, 1.807) is 9.80 Å². The monoisotopic (exact) mass is 286 g/mol. The second-order valence-electron chi connectivity index (χ2n) is 6.16. The Hall–Kier alpha value is -1.84. The zero-order valence-electron chi connectivity index (χ0n) is 12.7. The number of rotatable bonds is 2. The van der Waals surface area contributed by atoms with Gasteiger partial charge in [-0.25, -0.2) is 0 Å². The molecule has 2 amide bonds. The van der Waals surface area contributed by atoms with Crippen molar-refractivity contribution in [3.05, 3.63) is 29.8 Å². The number of nitrogens with zero attached hydrogens (tertiary/aromatic N) is 2. The number of carbonyl (C=O) groups excluding carboxylic acids is 2. The molecular formula is C17H22N2O2. The van der Waals surface area contributed by atoms with Crippen LogP contribution < -0.4 is 4.90 Å². The molecule has 1 aliphatic carbocycles. The lowest BCUT2D eigenvalue weighted by Gasteiger charge is -2.41. The first-order valence-electron chi connectivity index (χ1n) is 7.76. The summed E-state index contributed by atoms with van der Waals surface area (Å²) in [6.07, 6.45) is 3.11. The van der Waals surface area contributed by atoms with Gasteiger partial charge >= 0.3 is 0 Å². The van der Waals surface area contributed by atoms with E-state index in [2.05, 4.69) is 0 Å². The molecule has 0 N–H and O–H groups in total. The standard InChI is InChI=1S/C17H22N2O2/c1-12-6-8-15(9-7-12)19-11-10-18(13(2)16(19)20)17(21)14-4-3-5-14/h6-9,13-14H,3-5,10-11H2,1-2H3/t13-/m1/s1. The van der Waals surface area contributed by atoms with E-state index in [0.717, 1.165) is 24.9 Å². The van der Waals surface area contributed by atoms with E-state index < -0.39 is 0 Å². The Morgan fingerprint density at radius 3 is 2.38 bits per heavy atom. The van der Waals surface area contributed by atoms with Crippen LogP contribution in [0.2, 0.25) is 0 Å². The van der Waals surface area contributed by atoms with Gasteiger partial charge in [0.25, 0.3) is 0 Å². The van der Waals surface area contributed by atoms with E-state index in [-0.39, 0.29) is 23.8 Å². The van der Waals surface area contributed by atoms with E-state index in [1.165, 1.54) is 5.56 Å². The normalized spacial score (nSPS) is 23.1. The first-order valence-corrected chi connectivity index (χ1v) is 7.76. The SMILES string of the molecule is Cc1ccc(N2CCN(C(=O)C3CCC3)[C@H](C)C2=O)cc1. The third-order valence-corrected chi connectivity index (χ3v) is 4.74. The number of carbonyl (C=O) groups is 2. The minimum Gasteiger partial charge on any atom is -0.329 e. The van der Waals surface area contributed by atoms with Gasteiger partial charge in [0.05, 0.1) is 0 Å². The second-order valence-corrected chi connectivity index (χ2v) is 6.16. The van der Waals surface area contributed by atoms with Crippen molar-refractivity contribution in [2.24, 2.45) is 5.92 Å². The number of hydrogen-bond donors (Lipinski definition) is 0. The van der Waals surface area contributed by atoms with Gasteiger partial charge in [0.15, 0.2) is 0 Å². The molecule has 2 fully saturated rings. The molecule has 0 bridgehead atoms. The van der Waals surface area contributed by atoms with Crippen LogP contribution in [-0.4, -0.2) is 35.8 Å². The van der Waals surface area contributed by atoms with Gasteiger partial charge in [0.1, 0.15) is 6.04 Å². The molecule has 1 aromatic rings. The average Bonchev–Trinajstić information content (AvgIpc) is 2.41. The zero-order chi connectivity index (χ0) is 15.0. The first kappa shape index (κ1) is 14.1. The lowest BCUT2D eigenvalue weighted by Crippen LogP contribution is -2.59. The van der Waals surface area contributed by atoms with Crippen LogP contribution in [0.1, 0.15) is 31.7 Å². The molecule has 21 heavy (non-hydrogen) atoms. The molecule has 4 nitrogen and oxygen atoms in total. The van der Waals surface area contributed by atoms with E-state index in [4.69, 9.17) is 0 Å². The van der Waals surface area contributed by atoms with Crippen LogP contribution in [-0.2, 0) is 9.59 Å². The Balaban J connectivity index is 1.73. The fourth-order valence-corrected chi connectivity index (χ4v) is 3.04. The summed E-state index contributed by atoms with van der Waals surface area (Å²) in [7, 11) is 0. The van der Waals surface area contributed by atoms with Crippen molar-refractivity contribution in [1.82, 2.24) is 4.90 Å². The van der Waals surface area contributed by atoms with Gasteiger partial charge in [0.2, 0.25) is 11.8 Å². The quantitative estimate of drug-likeness (QED) is 0.837. The van der Waals surface area contributed by atoms with Crippen molar-refractivity contribution in [3.8, 4) is 0 Å². The smallest absolute Gasteiger partial charge is 0.249 e. The number of piperazine rings is 1. The number of amides is 2. The summed E-state index contributed by atoms with van der Waals surface area (Å²) in [6, 6.07) is 7.62. The van der Waals surface area contributed by atoms with Gasteiger partial charge in [-0.05, 0) is 38.8 Å². The van der Waals surface area contributed by atoms with E-state index >= 15 is 0 Å². The number of aryl methyl sites for hydroxylation is 1. The highest BCUT2D eigenvalue weighted by atomic mass is 16.2. The Morgan fingerprint density at radius 2 is 1.81 bits per heavy atom. The minimum absolute atomic E-state index is 0.0257. The molecule has 1 aromatic carbocycles. The topological polar surface area (TPSA) is 40.6 Å². The van der Waals surface area contributed by atoms with Gasteiger partial charge < -0.3 is 9.80 Å². The Labute approximate surface area is 125 Å². The molecule has 0 aromatic heterocycles. The van der Waals surface area contributed by atoms with Gasteiger partial charge in [-0.2, -0.15) is 0 Å². The summed E-state index contributed by atoms with van der Waals surface area (Å²) in [4.78, 5) is 28.5. The largest absolute Gasteiger partial charge is 0.329 e. The maximum absolute atomic E-state index is 12.6. The lowest BCUT2D eigenvalue weighted by atomic mass is 9.84. The maximum atomic E-state index is 12.6. The molecule has 2 aliphatic rings. The molecule has 0 spiro atoms. The zero-order valence-corrected chi connectivity index (χ0v) is 12.7. The number of hydrogen-bond acceptors (Lipinski definition) is 2. The van der Waals surface area contributed by atoms with Crippen molar-refractivity contribution >= 4 is 17.5 Å². The van der Waals surface area contributed by atoms with Gasteiger partial charge in [-0.15, -0.1) is 0 Å². The molecule has 1 aliphatic heterocycles. The Morgan fingerprint density at radius 1 is 1.14 bits per heavy atom. The Kier molecular flexibility index (Phi) is 3.70. The summed E-state index contributed by atoms with van der Waals surface area (Å²) in [5.41, 5.74) is 2.10. The van der Waals surface area contributed by atoms with Gasteiger partial charge in [0, 0.05) is 24.7 Å². The van der Waals surface area contributed by atoms with E-state index in [1.807, 2.05) is 38.1 Å². The first-order chi connectivity index (χ1) is 10.1. The average molecular weight is 286 g/mol. The molecule has 1 atom stereocenters. The second kappa shape index (κ2) is 5.51. The molecular weight excluding hydrogens is 264 g/mol. The predicted molar refractivity (Wildman–Crippen MR) is 82.0 cm³/mol. The number of benzene rings is 1. The van der Waals surface area contributed by atoms with Crippen LogP contribution in [0.4, 0.5) is 5.69 Å². The summed E-state index contributed by atoms with van der Waals surface area (Å²) < 4.78 is 0. The van der Waals surface area contributed by atoms with Crippen molar-refractivity contribution in [1.29, 1.82) is 0 Å². The third-order valence-electron chi connectivity index (χ3n) is 4.74. The molecule has 1 heterocycles. The van der Waals surface area contributed by atoms with Crippen LogP contribution in [0.5, 0.6) is 0 Å². The summed E-state index contributed by atoms with van der Waals surface area (Å²) >= 11 is 0. The molecule has 1 saturated carbocycles. The third kappa shape index (κ3) is 2.55. The van der Waals surface area contributed by atoms with Crippen molar-refractivity contribution in [3.63, 3.8) is 0 Å². The number of anilines is 1. The summed E-state index contributed by atoms with van der Waals surface area (Å²) in [5.74, 6) is 0.356. The molecule has 4 heteroatoms. The maximum Gasteiger partial charge on any atom is 0.249 e. The summed E-state index contributed by atoms with van der Waals surface area (Å²) in [6.45, 7) is 5.10.